The van der Waals surface area contributed by atoms with Gasteiger partial charge in [0.2, 0.25) is 0 Å². The zero-order valence-corrected chi connectivity index (χ0v) is 16.9. The second kappa shape index (κ2) is 9.69. The molecular formula is C20H22O4S2. The van der Waals surface area contributed by atoms with Gasteiger partial charge in [0, 0.05) is 9.79 Å². The SMILES string of the molecule is COC(=O)C(Sc1ccc(C)cc1)C(Sc1ccc(C)cc1)C(=O)OC. The smallest absolute Gasteiger partial charge is 0.320 e. The van der Waals surface area contributed by atoms with Gasteiger partial charge in [-0.1, -0.05) is 35.4 Å². The fraction of sp³-hybridized carbons (Fsp3) is 0.300. The molecule has 0 N–H and O–H groups in total. The lowest BCUT2D eigenvalue weighted by Gasteiger charge is -2.22. The number of esters is 2. The second-order valence-corrected chi connectivity index (χ2v) is 8.18. The molecule has 0 aliphatic rings. The first kappa shape index (κ1) is 20.4. The minimum Gasteiger partial charge on any atom is -0.468 e. The molecule has 0 spiro atoms. The van der Waals surface area contributed by atoms with Crippen molar-refractivity contribution >= 4 is 35.5 Å². The number of carbonyl (C=O) groups excluding carboxylic acids is 2. The van der Waals surface area contributed by atoms with Crippen molar-refractivity contribution in [3.05, 3.63) is 59.7 Å². The van der Waals surface area contributed by atoms with Crippen molar-refractivity contribution in [1.29, 1.82) is 0 Å². The van der Waals surface area contributed by atoms with Crippen LogP contribution >= 0.6 is 23.5 Å². The van der Waals surface area contributed by atoms with Crippen LogP contribution in [0.25, 0.3) is 0 Å². The molecule has 0 fully saturated rings. The van der Waals surface area contributed by atoms with Gasteiger partial charge in [-0.25, -0.2) is 0 Å². The van der Waals surface area contributed by atoms with Crippen LogP contribution in [0.4, 0.5) is 0 Å². The van der Waals surface area contributed by atoms with Gasteiger partial charge in [0.15, 0.2) is 0 Å². The Morgan fingerprint density at radius 3 is 1.27 bits per heavy atom. The molecule has 0 saturated carbocycles. The Kier molecular flexibility index (Phi) is 7.60. The van der Waals surface area contributed by atoms with Crippen LogP contribution in [0.15, 0.2) is 58.3 Å². The van der Waals surface area contributed by atoms with E-state index in [1.165, 1.54) is 37.7 Å². The summed E-state index contributed by atoms with van der Waals surface area (Å²) in [5.41, 5.74) is 2.25. The number of hydrogen-bond donors (Lipinski definition) is 0. The zero-order valence-electron chi connectivity index (χ0n) is 15.2. The largest absolute Gasteiger partial charge is 0.468 e. The van der Waals surface area contributed by atoms with Gasteiger partial charge in [-0.05, 0) is 38.1 Å². The Balaban J connectivity index is 2.31. The molecule has 2 atom stereocenters. The van der Waals surface area contributed by atoms with Gasteiger partial charge in [-0.2, -0.15) is 0 Å². The summed E-state index contributed by atoms with van der Waals surface area (Å²) in [6.45, 7) is 3.99. The number of hydrogen-bond acceptors (Lipinski definition) is 6. The van der Waals surface area contributed by atoms with Crippen molar-refractivity contribution in [3.63, 3.8) is 0 Å². The lowest BCUT2D eigenvalue weighted by atomic mass is 10.2. The standard InChI is InChI=1S/C20H22O4S2/c1-13-5-9-15(10-6-13)25-17(19(21)23-3)18(20(22)24-4)26-16-11-7-14(2)8-12-16/h5-12,17-18H,1-4H3. The highest BCUT2D eigenvalue weighted by Gasteiger charge is 2.37. The van der Waals surface area contributed by atoms with Crippen molar-refractivity contribution in [2.45, 2.75) is 34.1 Å². The number of methoxy groups -OCH3 is 2. The van der Waals surface area contributed by atoms with Crippen LogP contribution in [0.3, 0.4) is 0 Å². The van der Waals surface area contributed by atoms with Gasteiger partial charge in [0.05, 0.1) is 14.2 Å². The van der Waals surface area contributed by atoms with Gasteiger partial charge in [-0.15, -0.1) is 23.5 Å². The van der Waals surface area contributed by atoms with E-state index in [1.807, 2.05) is 62.4 Å². The van der Waals surface area contributed by atoms with Gasteiger partial charge in [0.1, 0.15) is 10.5 Å². The van der Waals surface area contributed by atoms with E-state index < -0.39 is 22.4 Å². The fourth-order valence-electron chi connectivity index (χ4n) is 2.23. The molecule has 0 aliphatic carbocycles. The quantitative estimate of drug-likeness (QED) is 0.520. The highest BCUT2D eigenvalue weighted by Crippen LogP contribution is 2.36. The molecule has 2 aromatic rings. The summed E-state index contributed by atoms with van der Waals surface area (Å²) in [5, 5.41) is -1.44. The molecule has 0 aliphatic heterocycles. The molecule has 0 radical (unpaired) electrons. The van der Waals surface area contributed by atoms with Crippen LogP contribution in [0.1, 0.15) is 11.1 Å². The van der Waals surface area contributed by atoms with E-state index in [9.17, 15) is 9.59 Å². The third-order valence-electron chi connectivity index (χ3n) is 3.71. The number of ether oxygens (including phenoxy) is 2. The maximum Gasteiger partial charge on any atom is 0.320 e. The number of carbonyl (C=O) groups is 2. The summed E-state index contributed by atoms with van der Waals surface area (Å²) < 4.78 is 9.92. The number of benzene rings is 2. The van der Waals surface area contributed by atoms with Gasteiger partial charge in [-0.3, -0.25) is 9.59 Å². The summed E-state index contributed by atoms with van der Waals surface area (Å²) in [6, 6.07) is 15.6. The summed E-state index contributed by atoms with van der Waals surface area (Å²) in [4.78, 5) is 26.6. The highest BCUT2D eigenvalue weighted by molar-refractivity contribution is 8.04. The first-order chi connectivity index (χ1) is 12.4. The Morgan fingerprint density at radius 2 is 1.00 bits per heavy atom. The van der Waals surface area contributed by atoms with Crippen molar-refractivity contribution in [3.8, 4) is 0 Å². The van der Waals surface area contributed by atoms with Crippen LogP contribution in [-0.4, -0.2) is 36.7 Å². The van der Waals surface area contributed by atoms with E-state index in [4.69, 9.17) is 9.47 Å². The van der Waals surface area contributed by atoms with Crippen molar-refractivity contribution in [2.24, 2.45) is 0 Å². The molecule has 2 rings (SSSR count). The summed E-state index contributed by atoms with van der Waals surface area (Å²) in [5.74, 6) is -0.906. The number of aryl methyl sites for hydroxylation is 2. The molecule has 0 aromatic heterocycles. The molecule has 2 unspecified atom stereocenters. The minimum absolute atomic E-state index is 0.453. The van der Waals surface area contributed by atoms with Crippen LogP contribution in [0.5, 0.6) is 0 Å². The van der Waals surface area contributed by atoms with Gasteiger partial charge >= 0.3 is 11.9 Å². The Morgan fingerprint density at radius 1 is 0.692 bits per heavy atom. The third kappa shape index (κ3) is 5.54. The first-order valence-electron chi connectivity index (χ1n) is 8.07. The molecule has 0 amide bonds. The third-order valence-corrected chi connectivity index (χ3v) is 6.41. The minimum atomic E-state index is -0.721. The molecular weight excluding hydrogens is 368 g/mol. The average molecular weight is 391 g/mol. The topological polar surface area (TPSA) is 52.6 Å². The normalized spacial score (nSPS) is 12.9. The van der Waals surface area contributed by atoms with Crippen LogP contribution in [-0.2, 0) is 19.1 Å². The lowest BCUT2D eigenvalue weighted by Crippen LogP contribution is -2.36. The molecule has 138 valence electrons. The Labute approximate surface area is 162 Å². The van der Waals surface area contributed by atoms with E-state index in [2.05, 4.69) is 0 Å². The molecule has 26 heavy (non-hydrogen) atoms. The van der Waals surface area contributed by atoms with Crippen LogP contribution in [0, 0.1) is 13.8 Å². The second-order valence-electron chi connectivity index (χ2n) is 5.75. The molecule has 4 nitrogen and oxygen atoms in total. The molecule has 6 heteroatoms. The van der Waals surface area contributed by atoms with E-state index in [0.717, 1.165) is 20.9 Å². The maximum atomic E-state index is 12.4. The van der Waals surface area contributed by atoms with Gasteiger partial charge in [0.25, 0.3) is 0 Å². The van der Waals surface area contributed by atoms with Crippen LogP contribution in [0.2, 0.25) is 0 Å². The molecule has 0 saturated heterocycles. The fourth-order valence-corrected chi connectivity index (χ4v) is 4.59. The Hall–Kier alpha value is -1.92. The molecule has 0 heterocycles. The Bertz CT molecular complexity index is 676. The average Bonchev–Trinajstić information content (AvgIpc) is 2.66. The van der Waals surface area contributed by atoms with Crippen molar-refractivity contribution in [1.82, 2.24) is 0 Å². The monoisotopic (exact) mass is 390 g/mol. The van der Waals surface area contributed by atoms with E-state index in [1.54, 1.807) is 0 Å². The highest BCUT2D eigenvalue weighted by atomic mass is 32.2. The van der Waals surface area contributed by atoms with Crippen molar-refractivity contribution in [2.75, 3.05) is 14.2 Å². The zero-order chi connectivity index (χ0) is 19.1. The predicted octanol–water partition coefficient (Wildman–Crippen LogP) is 4.27. The predicted molar refractivity (Wildman–Crippen MR) is 106 cm³/mol. The summed E-state index contributed by atoms with van der Waals surface area (Å²) in [6.07, 6.45) is 0. The first-order valence-corrected chi connectivity index (χ1v) is 9.83. The van der Waals surface area contributed by atoms with E-state index >= 15 is 0 Å². The summed E-state index contributed by atoms with van der Waals surface area (Å²) >= 11 is 2.62. The van der Waals surface area contributed by atoms with E-state index in [-0.39, 0.29) is 0 Å². The molecule has 2 aromatic carbocycles. The molecule has 0 bridgehead atoms. The van der Waals surface area contributed by atoms with Crippen LogP contribution < -0.4 is 0 Å². The van der Waals surface area contributed by atoms with Gasteiger partial charge < -0.3 is 9.47 Å². The van der Waals surface area contributed by atoms with Crippen molar-refractivity contribution < 1.29 is 19.1 Å². The van der Waals surface area contributed by atoms with E-state index in [0.29, 0.717) is 0 Å². The lowest BCUT2D eigenvalue weighted by molar-refractivity contribution is -0.146. The number of rotatable bonds is 7. The number of thioether (sulfide) groups is 2. The maximum absolute atomic E-state index is 12.4. The summed E-state index contributed by atoms with van der Waals surface area (Å²) in [7, 11) is 2.66.